The molecule has 1 aromatic rings. The molecule has 0 heterocycles. The van der Waals surface area contributed by atoms with Crippen LogP contribution < -0.4 is 15.8 Å². The van der Waals surface area contributed by atoms with E-state index in [1.165, 1.54) is 6.42 Å². The lowest BCUT2D eigenvalue weighted by molar-refractivity contribution is 0.239. The number of hydrogen-bond acceptors (Lipinski definition) is 3. The van der Waals surface area contributed by atoms with Crippen molar-refractivity contribution in [1.82, 2.24) is 5.32 Å². The first-order valence-corrected chi connectivity index (χ1v) is 6.33. The van der Waals surface area contributed by atoms with E-state index in [0.717, 1.165) is 42.3 Å². The highest BCUT2D eigenvalue weighted by atomic mass is 35.5. The van der Waals surface area contributed by atoms with Crippen LogP contribution in [0.5, 0.6) is 5.75 Å². The molecule has 2 rings (SSSR count). The van der Waals surface area contributed by atoms with Crippen molar-refractivity contribution in [2.75, 3.05) is 13.7 Å². The molecule has 3 nitrogen and oxygen atoms in total. The van der Waals surface area contributed by atoms with Crippen molar-refractivity contribution in [3.63, 3.8) is 0 Å². The van der Waals surface area contributed by atoms with E-state index in [9.17, 15) is 0 Å². The van der Waals surface area contributed by atoms with Crippen LogP contribution in [0.1, 0.15) is 24.8 Å². The Bertz CT molecular complexity index is 391. The molecule has 1 saturated carbocycles. The Labute approximate surface area is 107 Å². The van der Waals surface area contributed by atoms with E-state index in [4.69, 9.17) is 22.1 Å². The van der Waals surface area contributed by atoms with Gasteiger partial charge in [-0.3, -0.25) is 0 Å². The highest BCUT2D eigenvalue weighted by Gasteiger charge is 2.31. The highest BCUT2D eigenvalue weighted by molar-refractivity contribution is 6.31. The van der Waals surface area contributed by atoms with Crippen LogP contribution in [-0.4, -0.2) is 19.2 Å². The van der Waals surface area contributed by atoms with Crippen molar-refractivity contribution in [2.24, 2.45) is 5.73 Å². The van der Waals surface area contributed by atoms with E-state index in [-0.39, 0.29) is 5.54 Å². The Morgan fingerprint density at radius 1 is 1.47 bits per heavy atom. The van der Waals surface area contributed by atoms with Crippen LogP contribution in [0.3, 0.4) is 0 Å². The molecule has 0 aromatic heterocycles. The normalized spacial score (nSPS) is 17.6. The number of nitrogens with two attached hydrogens (primary N) is 1. The fourth-order valence-electron chi connectivity index (χ4n) is 2.07. The molecule has 4 heteroatoms. The van der Waals surface area contributed by atoms with Crippen LogP contribution in [0.4, 0.5) is 0 Å². The van der Waals surface area contributed by atoms with E-state index < -0.39 is 0 Å². The number of hydrogen-bond donors (Lipinski definition) is 2. The second kappa shape index (κ2) is 5.25. The molecule has 0 atom stereocenters. The molecule has 0 unspecified atom stereocenters. The molecular weight excluding hydrogens is 236 g/mol. The molecule has 1 aliphatic rings. The van der Waals surface area contributed by atoms with Gasteiger partial charge in [0.05, 0.1) is 7.11 Å². The molecule has 1 aliphatic carbocycles. The molecule has 1 fully saturated rings. The van der Waals surface area contributed by atoms with E-state index in [1.807, 2.05) is 18.2 Å². The topological polar surface area (TPSA) is 47.3 Å². The monoisotopic (exact) mass is 254 g/mol. The fraction of sp³-hybridized carbons (Fsp3) is 0.538. The largest absolute Gasteiger partial charge is 0.497 e. The van der Waals surface area contributed by atoms with Crippen molar-refractivity contribution >= 4 is 11.6 Å². The quantitative estimate of drug-likeness (QED) is 0.848. The highest BCUT2D eigenvalue weighted by Crippen LogP contribution is 2.28. The summed E-state index contributed by atoms with van der Waals surface area (Å²) in [7, 11) is 1.66. The van der Waals surface area contributed by atoms with Crippen molar-refractivity contribution in [1.29, 1.82) is 0 Å². The molecule has 0 aliphatic heterocycles. The maximum absolute atomic E-state index is 6.14. The zero-order valence-electron chi connectivity index (χ0n) is 10.1. The Morgan fingerprint density at radius 3 is 2.82 bits per heavy atom. The van der Waals surface area contributed by atoms with Crippen LogP contribution in [0.25, 0.3) is 0 Å². The van der Waals surface area contributed by atoms with Gasteiger partial charge in [0.15, 0.2) is 0 Å². The first-order valence-electron chi connectivity index (χ1n) is 5.95. The van der Waals surface area contributed by atoms with E-state index in [2.05, 4.69) is 5.32 Å². The zero-order chi connectivity index (χ0) is 12.3. The van der Waals surface area contributed by atoms with Crippen LogP contribution in [0.15, 0.2) is 18.2 Å². The number of methoxy groups -OCH3 is 1. The number of rotatable bonds is 5. The van der Waals surface area contributed by atoms with Crippen LogP contribution in [-0.2, 0) is 6.54 Å². The first kappa shape index (κ1) is 12.7. The average molecular weight is 255 g/mol. The molecule has 3 N–H and O–H groups in total. The predicted octanol–water partition coefficient (Wildman–Crippen LogP) is 2.32. The average Bonchev–Trinajstić information content (AvgIpc) is 2.29. The second-order valence-electron chi connectivity index (χ2n) is 4.78. The van der Waals surface area contributed by atoms with Crippen molar-refractivity contribution in [3.8, 4) is 5.75 Å². The summed E-state index contributed by atoms with van der Waals surface area (Å²) in [6.45, 7) is 1.58. The van der Waals surface area contributed by atoms with Gasteiger partial charge in [-0.25, -0.2) is 0 Å². The van der Waals surface area contributed by atoms with Gasteiger partial charge in [0.2, 0.25) is 0 Å². The predicted molar refractivity (Wildman–Crippen MR) is 70.5 cm³/mol. The molecule has 0 bridgehead atoms. The van der Waals surface area contributed by atoms with Gasteiger partial charge in [-0.15, -0.1) is 0 Å². The van der Waals surface area contributed by atoms with Gasteiger partial charge in [-0.1, -0.05) is 11.6 Å². The summed E-state index contributed by atoms with van der Waals surface area (Å²) in [5, 5.41) is 4.13. The summed E-state index contributed by atoms with van der Waals surface area (Å²) in [6.07, 6.45) is 3.48. The number of nitrogens with one attached hydrogen (secondary N) is 1. The Balaban J connectivity index is 1.89. The smallest absolute Gasteiger partial charge is 0.119 e. The van der Waals surface area contributed by atoms with Gasteiger partial charge < -0.3 is 15.8 Å². The van der Waals surface area contributed by atoms with E-state index in [0.29, 0.717) is 0 Å². The van der Waals surface area contributed by atoms with Crippen LogP contribution >= 0.6 is 11.6 Å². The lowest BCUT2D eigenvalue weighted by Gasteiger charge is -2.38. The Kier molecular flexibility index (Phi) is 3.92. The summed E-state index contributed by atoms with van der Waals surface area (Å²) >= 11 is 6.12. The summed E-state index contributed by atoms with van der Waals surface area (Å²) in [6, 6.07) is 5.68. The lowest BCUT2D eigenvalue weighted by atomic mass is 9.78. The van der Waals surface area contributed by atoms with Gasteiger partial charge in [-0.05, 0) is 43.0 Å². The standard InChI is InChI=1S/C13H19ClN2O/c1-17-11-3-4-12(14)10(7-11)8-16-9-13(15)5-2-6-13/h3-4,7,16H,2,5-6,8-9,15H2,1H3. The number of benzene rings is 1. The molecule has 0 radical (unpaired) electrons. The zero-order valence-corrected chi connectivity index (χ0v) is 10.9. The Morgan fingerprint density at radius 2 is 2.24 bits per heavy atom. The number of ether oxygens (including phenoxy) is 1. The molecular formula is C13H19ClN2O. The number of halogens is 1. The lowest BCUT2D eigenvalue weighted by Crippen LogP contribution is -2.53. The molecule has 1 aromatic carbocycles. The molecule has 0 saturated heterocycles. The first-order chi connectivity index (χ1) is 8.13. The van der Waals surface area contributed by atoms with Gasteiger partial charge in [0.25, 0.3) is 0 Å². The third kappa shape index (κ3) is 3.12. The van der Waals surface area contributed by atoms with Gasteiger partial charge in [0, 0.05) is 23.7 Å². The molecule has 17 heavy (non-hydrogen) atoms. The van der Waals surface area contributed by atoms with Crippen molar-refractivity contribution in [2.45, 2.75) is 31.3 Å². The minimum Gasteiger partial charge on any atom is -0.497 e. The van der Waals surface area contributed by atoms with E-state index >= 15 is 0 Å². The van der Waals surface area contributed by atoms with Crippen molar-refractivity contribution < 1.29 is 4.74 Å². The minimum absolute atomic E-state index is 0.00530. The summed E-state index contributed by atoms with van der Waals surface area (Å²) in [5.41, 5.74) is 7.20. The molecule has 0 amide bonds. The van der Waals surface area contributed by atoms with Gasteiger partial charge in [0.1, 0.15) is 5.75 Å². The summed E-state index contributed by atoms with van der Waals surface area (Å²) in [4.78, 5) is 0. The van der Waals surface area contributed by atoms with Gasteiger partial charge in [-0.2, -0.15) is 0 Å². The fourth-order valence-corrected chi connectivity index (χ4v) is 2.25. The minimum atomic E-state index is 0.00530. The van der Waals surface area contributed by atoms with Crippen molar-refractivity contribution in [3.05, 3.63) is 28.8 Å². The summed E-state index contributed by atoms with van der Waals surface area (Å²) in [5.74, 6) is 0.831. The van der Waals surface area contributed by atoms with Crippen LogP contribution in [0, 0.1) is 0 Å². The SMILES string of the molecule is COc1ccc(Cl)c(CNCC2(N)CCC2)c1. The van der Waals surface area contributed by atoms with E-state index in [1.54, 1.807) is 7.11 Å². The summed E-state index contributed by atoms with van der Waals surface area (Å²) < 4.78 is 5.18. The Hall–Kier alpha value is -0.770. The maximum Gasteiger partial charge on any atom is 0.119 e. The third-order valence-corrected chi connectivity index (χ3v) is 3.76. The van der Waals surface area contributed by atoms with Crippen LogP contribution in [0.2, 0.25) is 5.02 Å². The molecule has 0 spiro atoms. The van der Waals surface area contributed by atoms with Gasteiger partial charge >= 0.3 is 0 Å². The maximum atomic E-state index is 6.14. The second-order valence-corrected chi connectivity index (χ2v) is 5.18. The third-order valence-electron chi connectivity index (χ3n) is 3.39. The molecule has 94 valence electrons.